The molecule has 3 fully saturated rings. The fourth-order valence-electron chi connectivity index (χ4n) is 5.38. The fourth-order valence-corrected chi connectivity index (χ4v) is 11.0. The van der Waals surface area contributed by atoms with Crippen molar-refractivity contribution in [1.82, 2.24) is 4.90 Å². The molecule has 3 saturated heterocycles. The van der Waals surface area contributed by atoms with Crippen LogP contribution >= 0.6 is 7.26 Å². The van der Waals surface area contributed by atoms with E-state index in [9.17, 15) is 5.11 Å². The van der Waals surface area contributed by atoms with E-state index in [4.69, 9.17) is 0 Å². The summed E-state index contributed by atoms with van der Waals surface area (Å²) in [5.41, 5.74) is 4.56. The van der Waals surface area contributed by atoms with Crippen LogP contribution in [0.15, 0.2) is 84.9 Å². The van der Waals surface area contributed by atoms with Crippen LogP contribution in [0.1, 0.15) is 11.1 Å². The molecule has 0 radical (unpaired) electrons. The molecule has 0 aliphatic carbocycles. The third-order valence-corrected chi connectivity index (χ3v) is 12.7. The Morgan fingerprint density at radius 1 is 0.643 bits per heavy atom. The Morgan fingerprint density at radius 3 is 1.82 bits per heavy atom. The van der Waals surface area contributed by atoms with E-state index in [1.54, 1.807) is 0 Å². The molecule has 0 aromatic heterocycles. The van der Waals surface area contributed by atoms with Crippen LogP contribution in [-0.2, 0) is 5.34 Å². The fraction of sp³-hybridized carbons (Fsp3) is 0.280. The van der Waals surface area contributed by atoms with Crippen LogP contribution in [0.5, 0.6) is 0 Å². The van der Waals surface area contributed by atoms with Crippen LogP contribution < -0.4 is 0 Å². The van der Waals surface area contributed by atoms with Crippen molar-refractivity contribution in [3.05, 3.63) is 96.1 Å². The van der Waals surface area contributed by atoms with Crippen LogP contribution in [0.4, 0.5) is 0 Å². The van der Waals surface area contributed by atoms with Crippen molar-refractivity contribution in [2.24, 2.45) is 0 Å². The van der Waals surface area contributed by atoms with E-state index >= 15 is 0 Å². The second-order valence-corrected chi connectivity index (χ2v) is 13.2. The molecular weight excluding hydrogens is 361 g/mol. The van der Waals surface area contributed by atoms with Crippen molar-refractivity contribution < 1.29 is 5.11 Å². The topological polar surface area (TPSA) is 23.5 Å². The van der Waals surface area contributed by atoms with Crippen LogP contribution in [0.3, 0.4) is 0 Å². The van der Waals surface area contributed by atoms with E-state index in [0.29, 0.717) is 0 Å². The van der Waals surface area contributed by atoms with E-state index < -0.39 is 12.6 Å². The molecule has 3 heterocycles. The number of hydrogen-bond donors (Lipinski definition) is 1. The van der Waals surface area contributed by atoms with Crippen LogP contribution in [0, 0.1) is 0 Å². The first-order valence-electron chi connectivity index (χ1n) is 10.4. The molecule has 3 aliphatic rings. The molecule has 2 bridgehead atoms. The van der Waals surface area contributed by atoms with Gasteiger partial charge in [-0.1, -0.05) is 0 Å². The average molecular weight is 389 g/mol. The maximum absolute atomic E-state index is 12.6. The summed E-state index contributed by atoms with van der Waals surface area (Å²) in [6.45, 7) is 3.46. The number of hydrogen-bond acceptors (Lipinski definition) is 2. The van der Waals surface area contributed by atoms with Crippen molar-refractivity contribution in [2.75, 3.05) is 38.1 Å². The normalized spacial score (nSPS) is 23.7. The summed E-state index contributed by atoms with van der Waals surface area (Å²) < 4.78 is 0. The molecule has 3 aromatic rings. The summed E-state index contributed by atoms with van der Waals surface area (Å²) in [6.07, 6.45) is 3.57. The van der Waals surface area contributed by atoms with Crippen LogP contribution in [-0.4, -0.2) is 48.1 Å². The third-order valence-electron chi connectivity index (χ3n) is 7.07. The summed E-state index contributed by atoms with van der Waals surface area (Å²) in [5, 5.41) is 11.7. The molecule has 0 spiro atoms. The summed E-state index contributed by atoms with van der Waals surface area (Å²) in [5.74, 6) is 0. The number of fused-ring (bicyclic) bond motifs is 3. The van der Waals surface area contributed by atoms with Crippen molar-refractivity contribution in [3.63, 3.8) is 0 Å². The summed E-state index contributed by atoms with van der Waals surface area (Å²) in [6, 6.07) is 29.7. The Labute approximate surface area is 168 Å². The van der Waals surface area contributed by atoms with Crippen molar-refractivity contribution in [2.45, 2.75) is 5.34 Å². The molecule has 1 unspecified atom stereocenters. The molecule has 0 saturated carbocycles. The Bertz CT molecular complexity index is 937. The molecule has 2 nitrogen and oxygen atoms in total. The van der Waals surface area contributed by atoms with Gasteiger partial charge in [-0.3, -0.25) is 0 Å². The van der Waals surface area contributed by atoms with Gasteiger partial charge in [-0.05, 0) is 0 Å². The zero-order valence-electron chi connectivity index (χ0n) is 16.2. The monoisotopic (exact) mass is 389 g/mol. The second-order valence-electron chi connectivity index (χ2n) is 8.40. The van der Waals surface area contributed by atoms with Crippen molar-refractivity contribution in [3.8, 4) is 11.1 Å². The SMILES string of the molecule is OC(c1ccccc1)(c1cccc(-c2ccccc2)c1)[PH]12CCN(CC1)CC2. The zero-order chi connectivity index (χ0) is 19.0. The number of nitrogens with zero attached hydrogens (tertiary/aromatic N) is 1. The van der Waals surface area contributed by atoms with Gasteiger partial charge in [0.15, 0.2) is 0 Å². The molecule has 1 atom stereocenters. The van der Waals surface area contributed by atoms with Crippen LogP contribution in [0.2, 0.25) is 0 Å². The first-order chi connectivity index (χ1) is 13.7. The van der Waals surface area contributed by atoms with Gasteiger partial charge in [-0.25, -0.2) is 0 Å². The molecule has 28 heavy (non-hydrogen) atoms. The minimum atomic E-state index is -1.94. The summed E-state index contributed by atoms with van der Waals surface area (Å²) in [4.78, 5) is 2.57. The van der Waals surface area contributed by atoms with Gasteiger partial charge < -0.3 is 0 Å². The zero-order valence-corrected chi connectivity index (χ0v) is 17.2. The predicted octanol–water partition coefficient (Wildman–Crippen LogP) is 4.63. The number of aliphatic hydroxyl groups is 1. The molecule has 0 amide bonds. The molecule has 3 heteroatoms. The molecule has 6 rings (SSSR count). The van der Waals surface area contributed by atoms with Gasteiger partial charge in [0.2, 0.25) is 0 Å². The molecule has 3 aromatic carbocycles. The van der Waals surface area contributed by atoms with Gasteiger partial charge in [0, 0.05) is 0 Å². The van der Waals surface area contributed by atoms with E-state index in [-0.39, 0.29) is 0 Å². The van der Waals surface area contributed by atoms with E-state index in [1.165, 1.54) is 29.6 Å². The van der Waals surface area contributed by atoms with Gasteiger partial charge in [0.1, 0.15) is 0 Å². The Kier molecular flexibility index (Phi) is 4.59. The molecule has 144 valence electrons. The van der Waals surface area contributed by atoms with E-state index in [0.717, 1.165) is 30.8 Å². The van der Waals surface area contributed by atoms with Gasteiger partial charge in [0.05, 0.1) is 0 Å². The number of benzene rings is 3. The Hall–Kier alpha value is -1.99. The van der Waals surface area contributed by atoms with Gasteiger partial charge in [-0.15, -0.1) is 0 Å². The van der Waals surface area contributed by atoms with Crippen molar-refractivity contribution in [1.29, 1.82) is 0 Å². The molecule has 3 aliphatic heterocycles. The Morgan fingerprint density at radius 2 is 1.18 bits per heavy atom. The quantitative estimate of drug-likeness (QED) is 0.658. The van der Waals surface area contributed by atoms with Gasteiger partial charge in [0.25, 0.3) is 0 Å². The van der Waals surface area contributed by atoms with Crippen LogP contribution in [0.25, 0.3) is 11.1 Å². The predicted molar refractivity (Wildman–Crippen MR) is 121 cm³/mol. The second kappa shape index (κ2) is 7.12. The average Bonchev–Trinajstić information content (AvgIpc) is 2.81. The first-order valence-corrected chi connectivity index (χ1v) is 13.0. The minimum absolute atomic E-state index is 0.828. The summed E-state index contributed by atoms with van der Waals surface area (Å²) >= 11 is 0. The maximum atomic E-state index is 12.6. The van der Waals surface area contributed by atoms with E-state index in [2.05, 4.69) is 83.8 Å². The number of rotatable bonds is 4. The first kappa shape index (κ1) is 18.1. The standard InChI is InChI=1S/C25H28NOP/c27-25(23-11-5-2-6-12-23,28-17-14-26(15-18-28)16-19-28)24-13-7-10-22(20-24)21-8-3-1-4-9-21/h1-13,20,27-28H,14-19H2. The van der Waals surface area contributed by atoms with Gasteiger partial charge in [-0.2, -0.15) is 0 Å². The molecule has 1 N–H and O–H groups in total. The summed E-state index contributed by atoms with van der Waals surface area (Å²) in [7, 11) is -1.94. The third kappa shape index (κ3) is 2.83. The van der Waals surface area contributed by atoms with Crippen molar-refractivity contribution >= 4 is 7.26 Å². The van der Waals surface area contributed by atoms with E-state index in [1.807, 2.05) is 6.07 Å². The Balaban J connectivity index is 1.68. The van der Waals surface area contributed by atoms with Gasteiger partial charge >= 0.3 is 168 Å². The molecular formula is C25H28NOP.